The molecule has 0 bridgehead atoms. The van der Waals surface area contributed by atoms with Crippen molar-refractivity contribution in [3.8, 4) is 0 Å². The number of hydrogen-bond acceptors (Lipinski definition) is 4. The summed E-state index contributed by atoms with van der Waals surface area (Å²) in [6, 6.07) is 14.1. The number of likely N-dealkylation sites (N-methyl/N-ethyl adjacent to an activating group) is 1. The maximum atomic E-state index is 14.1. The van der Waals surface area contributed by atoms with Crippen LogP contribution in [0.4, 0.5) is 39.0 Å². The van der Waals surface area contributed by atoms with Crippen LogP contribution >= 0.6 is 0 Å². The molecule has 5 rings (SSSR count). The lowest BCUT2D eigenvalue weighted by molar-refractivity contribution is -0.137. The van der Waals surface area contributed by atoms with Crippen LogP contribution in [-0.2, 0) is 12.6 Å². The van der Waals surface area contributed by atoms with Crippen molar-refractivity contribution in [2.24, 2.45) is 4.99 Å². The minimum Gasteiger partial charge on any atom is -0.353 e. The summed E-state index contributed by atoms with van der Waals surface area (Å²) in [6.45, 7) is 1.78. The fraction of sp³-hybridized carbons (Fsp3) is 0.296. The van der Waals surface area contributed by atoms with Crippen LogP contribution < -0.4 is 5.32 Å². The molecular weight excluding hydrogens is 475 g/mol. The number of benzene rings is 3. The van der Waals surface area contributed by atoms with Gasteiger partial charge in [-0.15, -0.1) is 0 Å². The van der Waals surface area contributed by atoms with Crippen molar-refractivity contribution < 1.29 is 22.0 Å². The summed E-state index contributed by atoms with van der Waals surface area (Å²) in [7, 11) is 2.02. The number of alkyl halides is 3. The molecule has 4 nitrogen and oxygen atoms in total. The van der Waals surface area contributed by atoms with Crippen LogP contribution in [0.5, 0.6) is 0 Å². The van der Waals surface area contributed by atoms with E-state index in [1.54, 1.807) is 12.1 Å². The van der Waals surface area contributed by atoms with E-state index in [1.165, 1.54) is 36.4 Å². The highest BCUT2D eigenvalue weighted by atomic mass is 19.4. The van der Waals surface area contributed by atoms with E-state index in [-0.39, 0.29) is 11.9 Å². The lowest BCUT2D eigenvalue weighted by Crippen LogP contribution is -2.53. The Hall–Kier alpha value is -3.46. The van der Waals surface area contributed by atoms with Gasteiger partial charge in [-0.05, 0) is 67.9 Å². The Balaban J connectivity index is 1.49. The fourth-order valence-corrected chi connectivity index (χ4v) is 4.71. The van der Waals surface area contributed by atoms with Gasteiger partial charge in [-0.3, -0.25) is 4.90 Å². The topological polar surface area (TPSA) is 30.9 Å². The van der Waals surface area contributed by atoms with Gasteiger partial charge in [0.05, 0.1) is 16.9 Å². The van der Waals surface area contributed by atoms with Gasteiger partial charge in [0.15, 0.2) is 0 Å². The zero-order valence-corrected chi connectivity index (χ0v) is 19.6. The predicted molar refractivity (Wildman–Crippen MR) is 130 cm³/mol. The normalized spacial score (nSPS) is 18.1. The first-order valence-corrected chi connectivity index (χ1v) is 11.7. The van der Waals surface area contributed by atoms with Crippen LogP contribution in [0.3, 0.4) is 0 Å². The Morgan fingerprint density at radius 1 is 0.917 bits per heavy atom. The van der Waals surface area contributed by atoms with E-state index in [0.29, 0.717) is 48.1 Å². The molecule has 1 atom stereocenters. The molecule has 2 heterocycles. The highest BCUT2D eigenvalue weighted by Gasteiger charge is 2.34. The van der Waals surface area contributed by atoms with E-state index in [0.717, 1.165) is 30.5 Å². The maximum Gasteiger partial charge on any atom is 0.416 e. The maximum absolute atomic E-state index is 14.1. The molecule has 1 N–H and O–H groups in total. The summed E-state index contributed by atoms with van der Waals surface area (Å²) in [5, 5.41) is 3.13. The molecule has 0 aromatic heterocycles. The lowest BCUT2D eigenvalue weighted by Gasteiger charge is -2.41. The molecule has 0 radical (unpaired) electrons. The van der Waals surface area contributed by atoms with Gasteiger partial charge in [-0.25, -0.2) is 13.8 Å². The average molecular weight is 501 g/mol. The van der Waals surface area contributed by atoms with Gasteiger partial charge in [0.2, 0.25) is 0 Å². The number of nitrogens with one attached hydrogen (secondary N) is 1. The molecule has 3 aromatic rings. The van der Waals surface area contributed by atoms with Gasteiger partial charge >= 0.3 is 6.18 Å². The summed E-state index contributed by atoms with van der Waals surface area (Å²) in [4.78, 5) is 8.89. The molecule has 3 aromatic carbocycles. The van der Waals surface area contributed by atoms with E-state index >= 15 is 0 Å². The van der Waals surface area contributed by atoms with Crippen molar-refractivity contribution >= 4 is 22.9 Å². The highest BCUT2D eigenvalue weighted by Crippen LogP contribution is 2.38. The molecule has 1 saturated heterocycles. The highest BCUT2D eigenvalue weighted by molar-refractivity contribution is 6.08. The van der Waals surface area contributed by atoms with Crippen molar-refractivity contribution in [3.63, 3.8) is 0 Å². The Kier molecular flexibility index (Phi) is 6.42. The van der Waals surface area contributed by atoms with Crippen molar-refractivity contribution in [2.75, 3.05) is 32.0 Å². The summed E-state index contributed by atoms with van der Waals surface area (Å²) < 4.78 is 68.1. The molecule has 36 heavy (non-hydrogen) atoms. The Morgan fingerprint density at radius 2 is 1.64 bits per heavy atom. The average Bonchev–Trinajstić information content (AvgIpc) is 3.00. The van der Waals surface area contributed by atoms with Crippen LogP contribution in [-0.4, -0.2) is 48.4 Å². The van der Waals surface area contributed by atoms with Crippen molar-refractivity contribution in [1.82, 2.24) is 9.80 Å². The van der Waals surface area contributed by atoms with E-state index in [2.05, 4.69) is 15.2 Å². The molecular formula is C27H25F5N4. The quantitative estimate of drug-likeness (QED) is 0.424. The molecule has 0 aliphatic carbocycles. The molecule has 0 spiro atoms. The Morgan fingerprint density at radius 3 is 2.39 bits per heavy atom. The zero-order chi connectivity index (χ0) is 25.4. The zero-order valence-electron chi connectivity index (χ0n) is 19.6. The Labute approximate surface area is 206 Å². The van der Waals surface area contributed by atoms with Crippen LogP contribution in [0.25, 0.3) is 0 Å². The SMILES string of the molecule is CN1CCN(C2=Nc3cc(F)ccc3Nc3ccc(C(F)(F)F)cc32)C[C@@H]1CCc1ccc(F)cc1. The fourth-order valence-electron chi connectivity index (χ4n) is 4.71. The number of piperazine rings is 1. The first-order chi connectivity index (χ1) is 17.2. The second-order valence-electron chi connectivity index (χ2n) is 9.23. The second-order valence-corrected chi connectivity index (χ2v) is 9.23. The van der Waals surface area contributed by atoms with Gasteiger partial charge in [-0.1, -0.05) is 12.1 Å². The van der Waals surface area contributed by atoms with Crippen LogP contribution in [0.2, 0.25) is 0 Å². The second kappa shape index (κ2) is 9.54. The van der Waals surface area contributed by atoms with E-state index in [1.807, 2.05) is 11.9 Å². The number of aryl methyl sites for hydroxylation is 1. The molecule has 0 saturated carbocycles. The third kappa shape index (κ3) is 5.06. The number of aliphatic imine (C=N–C) groups is 1. The minimum atomic E-state index is -4.51. The predicted octanol–water partition coefficient (Wildman–Crippen LogP) is 6.37. The van der Waals surface area contributed by atoms with Crippen LogP contribution in [0.15, 0.2) is 65.7 Å². The molecule has 188 valence electrons. The number of nitrogens with zero attached hydrogens (tertiary/aromatic N) is 3. The number of rotatable bonds is 3. The van der Waals surface area contributed by atoms with Gasteiger partial charge in [-0.2, -0.15) is 13.2 Å². The van der Waals surface area contributed by atoms with E-state index in [4.69, 9.17) is 0 Å². The van der Waals surface area contributed by atoms with Crippen LogP contribution in [0.1, 0.15) is 23.1 Å². The van der Waals surface area contributed by atoms with Gasteiger partial charge in [0, 0.05) is 43.0 Å². The minimum absolute atomic E-state index is 0.101. The summed E-state index contributed by atoms with van der Waals surface area (Å²) in [5.41, 5.74) is 1.90. The van der Waals surface area contributed by atoms with Crippen molar-refractivity contribution in [3.05, 3.63) is 89.0 Å². The third-order valence-corrected chi connectivity index (χ3v) is 6.80. The van der Waals surface area contributed by atoms with Gasteiger partial charge < -0.3 is 10.2 Å². The van der Waals surface area contributed by atoms with Crippen molar-refractivity contribution in [2.45, 2.75) is 25.1 Å². The number of hydrogen-bond donors (Lipinski definition) is 1. The van der Waals surface area contributed by atoms with Gasteiger partial charge in [0.25, 0.3) is 0 Å². The standard InChI is InChI=1S/C27H25F5N4/c1-35-12-13-36(16-21(35)9-4-17-2-6-19(28)7-3-17)26-22-14-18(27(30,31)32)5-10-23(22)33-24-11-8-20(29)15-25(24)34-26/h2-3,5-8,10-11,14-15,21,33H,4,9,12-13,16H2,1H3/t21-/m0/s1. The molecule has 9 heteroatoms. The molecule has 0 amide bonds. The van der Waals surface area contributed by atoms with Crippen LogP contribution in [0, 0.1) is 11.6 Å². The van der Waals surface area contributed by atoms with Gasteiger partial charge in [0.1, 0.15) is 17.5 Å². The lowest BCUT2D eigenvalue weighted by atomic mass is 10.0. The number of halogens is 5. The number of fused-ring (bicyclic) bond motifs is 2. The Bertz CT molecular complexity index is 1290. The molecule has 2 aliphatic heterocycles. The third-order valence-electron chi connectivity index (χ3n) is 6.80. The number of anilines is 2. The van der Waals surface area contributed by atoms with Crippen molar-refractivity contribution in [1.29, 1.82) is 0 Å². The molecule has 0 unspecified atom stereocenters. The monoisotopic (exact) mass is 500 g/mol. The van der Waals surface area contributed by atoms with E-state index in [9.17, 15) is 22.0 Å². The summed E-state index contributed by atoms with van der Waals surface area (Å²) in [6.07, 6.45) is -2.99. The summed E-state index contributed by atoms with van der Waals surface area (Å²) in [5.74, 6) is -0.378. The largest absolute Gasteiger partial charge is 0.416 e. The first kappa shape index (κ1) is 24.2. The summed E-state index contributed by atoms with van der Waals surface area (Å²) >= 11 is 0. The van der Waals surface area contributed by atoms with E-state index < -0.39 is 17.6 Å². The smallest absolute Gasteiger partial charge is 0.353 e. The first-order valence-electron chi connectivity index (χ1n) is 11.7. The molecule has 2 aliphatic rings. The number of amidine groups is 1. The molecule has 1 fully saturated rings.